The molecule has 0 radical (unpaired) electrons. The molecule has 1 amide bonds. The maximum Gasteiger partial charge on any atom is 0.295 e. The summed E-state index contributed by atoms with van der Waals surface area (Å²) >= 11 is 6.02. The molecule has 2 aromatic carbocycles. The van der Waals surface area contributed by atoms with E-state index in [0.29, 0.717) is 23.7 Å². The first-order valence-corrected chi connectivity index (χ1v) is 9.99. The molecule has 1 atom stereocenters. The summed E-state index contributed by atoms with van der Waals surface area (Å²) in [6.45, 7) is 3.02. The molecule has 0 bridgehead atoms. The van der Waals surface area contributed by atoms with Crippen LogP contribution in [0, 0.1) is 0 Å². The number of nitrogens with zero attached hydrogens (tertiary/aromatic N) is 2. The SMILES string of the molecule is CCc1ccc(/C(O)=C2/C(=O)C(=O)N(CCN(C)C)C2c2ccc(Cl)cc2)cc1. The number of Topliss-reactive ketones (excluding diaryl/α,β-unsaturated/α-hetero) is 1. The number of aliphatic hydroxyl groups is 1. The maximum atomic E-state index is 12.9. The highest BCUT2D eigenvalue weighted by atomic mass is 35.5. The van der Waals surface area contributed by atoms with Gasteiger partial charge in [-0.05, 0) is 43.8 Å². The van der Waals surface area contributed by atoms with Crippen molar-refractivity contribution in [1.29, 1.82) is 0 Å². The minimum Gasteiger partial charge on any atom is -0.507 e. The fourth-order valence-electron chi connectivity index (χ4n) is 3.46. The van der Waals surface area contributed by atoms with E-state index in [2.05, 4.69) is 0 Å². The fourth-order valence-corrected chi connectivity index (χ4v) is 3.59. The predicted octanol–water partition coefficient (Wildman–Crippen LogP) is 3.89. The molecular formula is C23H25ClN2O3. The van der Waals surface area contributed by atoms with Crippen LogP contribution in [0.3, 0.4) is 0 Å². The zero-order valence-electron chi connectivity index (χ0n) is 16.9. The lowest BCUT2D eigenvalue weighted by Gasteiger charge is -2.26. The second-order valence-electron chi connectivity index (χ2n) is 7.40. The van der Waals surface area contributed by atoms with Gasteiger partial charge in [0.15, 0.2) is 0 Å². The molecule has 1 saturated heterocycles. The van der Waals surface area contributed by atoms with Gasteiger partial charge in [-0.3, -0.25) is 9.59 Å². The molecule has 0 aliphatic carbocycles. The molecule has 1 aliphatic heterocycles. The predicted molar refractivity (Wildman–Crippen MR) is 115 cm³/mol. The third kappa shape index (κ3) is 4.36. The number of carbonyl (C=O) groups is 2. The van der Waals surface area contributed by atoms with Gasteiger partial charge in [-0.25, -0.2) is 0 Å². The molecule has 1 aliphatic rings. The highest BCUT2D eigenvalue weighted by Gasteiger charge is 2.45. The highest BCUT2D eigenvalue weighted by Crippen LogP contribution is 2.39. The number of rotatable bonds is 6. The molecule has 29 heavy (non-hydrogen) atoms. The van der Waals surface area contributed by atoms with Crippen molar-refractivity contribution in [1.82, 2.24) is 9.80 Å². The molecule has 1 N–H and O–H groups in total. The van der Waals surface area contributed by atoms with E-state index in [0.717, 1.165) is 17.5 Å². The molecule has 1 heterocycles. The van der Waals surface area contributed by atoms with E-state index in [4.69, 9.17) is 11.6 Å². The Labute approximate surface area is 176 Å². The van der Waals surface area contributed by atoms with Gasteiger partial charge in [-0.1, -0.05) is 54.9 Å². The van der Waals surface area contributed by atoms with Crippen molar-refractivity contribution in [2.24, 2.45) is 0 Å². The van der Waals surface area contributed by atoms with Crippen LogP contribution < -0.4 is 0 Å². The van der Waals surface area contributed by atoms with E-state index >= 15 is 0 Å². The van der Waals surface area contributed by atoms with E-state index < -0.39 is 17.7 Å². The molecule has 2 aromatic rings. The number of ketones is 1. The van der Waals surface area contributed by atoms with Crippen molar-refractivity contribution in [3.8, 4) is 0 Å². The lowest BCUT2D eigenvalue weighted by Crippen LogP contribution is -2.35. The molecule has 1 fully saturated rings. The Morgan fingerprint density at radius 2 is 1.69 bits per heavy atom. The van der Waals surface area contributed by atoms with Gasteiger partial charge in [0.05, 0.1) is 11.6 Å². The Kier molecular flexibility index (Phi) is 6.40. The van der Waals surface area contributed by atoms with Crippen molar-refractivity contribution in [3.63, 3.8) is 0 Å². The monoisotopic (exact) mass is 412 g/mol. The van der Waals surface area contributed by atoms with Gasteiger partial charge in [0, 0.05) is 23.7 Å². The summed E-state index contributed by atoms with van der Waals surface area (Å²) in [6, 6.07) is 13.7. The van der Waals surface area contributed by atoms with Crippen LogP contribution in [-0.2, 0) is 16.0 Å². The van der Waals surface area contributed by atoms with E-state index in [-0.39, 0.29) is 11.3 Å². The topological polar surface area (TPSA) is 60.9 Å². The molecule has 152 valence electrons. The van der Waals surface area contributed by atoms with Gasteiger partial charge in [0.1, 0.15) is 5.76 Å². The Morgan fingerprint density at radius 3 is 2.24 bits per heavy atom. The molecule has 0 spiro atoms. The Balaban J connectivity index is 2.11. The minimum absolute atomic E-state index is 0.111. The second kappa shape index (κ2) is 8.80. The molecule has 3 rings (SSSR count). The molecule has 6 heteroatoms. The summed E-state index contributed by atoms with van der Waals surface area (Å²) in [5.74, 6) is -1.42. The van der Waals surface area contributed by atoms with Crippen molar-refractivity contribution < 1.29 is 14.7 Å². The Bertz CT molecular complexity index is 934. The van der Waals surface area contributed by atoms with Crippen LogP contribution in [0.15, 0.2) is 54.1 Å². The van der Waals surface area contributed by atoms with E-state index in [1.807, 2.05) is 38.1 Å². The average Bonchev–Trinajstić information content (AvgIpc) is 2.97. The van der Waals surface area contributed by atoms with E-state index in [1.54, 1.807) is 36.4 Å². The van der Waals surface area contributed by atoms with E-state index in [9.17, 15) is 14.7 Å². The summed E-state index contributed by atoms with van der Waals surface area (Å²) < 4.78 is 0. The number of hydrogen-bond donors (Lipinski definition) is 1. The van der Waals surface area contributed by atoms with Crippen molar-refractivity contribution in [2.45, 2.75) is 19.4 Å². The number of likely N-dealkylation sites (N-methyl/N-ethyl adjacent to an activating group) is 1. The normalized spacial score (nSPS) is 18.7. The van der Waals surface area contributed by atoms with Gasteiger partial charge in [-0.2, -0.15) is 0 Å². The van der Waals surface area contributed by atoms with E-state index in [1.165, 1.54) is 4.90 Å². The van der Waals surface area contributed by atoms with Gasteiger partial charge < -0.3 is 14.9 Å². The number of hydrogen-bond acceptors (Lipinski definition) is 4. The summed E-state index contributed by atoms with van der Waals surface area (Å²) in [5, 5.41) is 11.6. The summed E-state index contributed by atoms with van der Waals surface area (Å²) in [7, 11) is 3.81. The standard InChI is InChI=1S/C23H25ClN2O3/c1-4-15-5-7-17(8-6-15)21(27)19-20(16-9-11-18(24)12-10-16)26(14-13-25(2)3)23(29)22(19)28/h5-12,20,27H,4,13-14H2,1-3H3/b21-19-. The zero-order chi connectivity index (χ0) is 21.1. The van der Waals surface area contributed by atoms with Crippen molar-refractivity contribution in [2.75, 3.05) is 27.2 Å². The molecular weight excluding hydrogens is 388 g/mol. The third-order valence-electron chi connectivity index (χ3n) is 5.15. The number of aryl methyl sites for hydroxylation is 1. The number of likely N-dealkylation sites (tertiary alicyclic amines) is 1. The highest BCUT2D eigenvalue weighted by molar-refractivity contribution is 6.46. The molecule has 0 aromatic heterocycles. The first kappa shape index (κ1) is 21.1. The van der Waals surface area contributed by atoms with Gasteiger partial charge in [0.2, 0.25) is 0 Å². The van der Waals surface area contributed by atoms with Gasteiger partial charge in [0.25, 0.3) is 11.7 Å². The summed E-state index contributed by atoms with van der Waals surface area (Å²) in [4.78, 5) is 29.2. The first-order chi connectivity index (χ1) is 13.8. The van der Waals surface area contributed by atoms with Crippen LogP contribution in [0.25, 0.3) is 5.76 Å². The van der Waals surface area contributed by atoms with Gasteiger partial charge >= 0.3 is 0 Å². The number of halogens is 1. The number of aliphatic hydroxyl groups excluding tert-OH is 1. The molecule has 1 unspecified atom stereocenters. The summed E-state index contributed by atoms with van der Waals surface area (Å²) in [6.07, 6.45) is 0.876. The minimum atomic E-state index is -0.666. The lowest BCUT2D eigenvalue weighted by atomic mass is 9.95. The smallest absolute Gasteiger partial charge is 0.295 e. The van der Waals surface area contributed by atoms with Crippen LogP contribution in [0.2, 0.25) is 5.02 Å². The number of amides is 1. The second-order valence-corrected chi connectivity index (χ2v) is 7.83. The molecule has 0 saturated carbocycles. The number of benzene rings is 2. The Hall–Kier alpha value is -2.63. The van der Waals surface area contributed by atoms with Crippen LogP contribution in [-0.4, -0.2) is 53.8 Å². The summed E-state index contributed by atoms with van der Waals surface area (Å²) in [5.41, 5.74) is 2.49. The van der Waals surface area contributed by atoms with Crippen LogP contribution in [0.1, 0.15) is 29.7 Å². The maximum absolute atomic E-state index is 12.9. The van der Waals surface area contributed by atoms with Crippen molar-refractivity contribution >= 4 is 29.1 Å². The molecule has 5 nitrogen and oxygen atoms in total. The largest absolute Gasteiger partial charge is 0.507 e. The third-order valence-corrected chi connectivity index (χ3v) is 5.40. The Morgan fingerprint density at radius 1 is 1.07 bits per heavy atom. The van der Waals surface area contributed by atoms with Crippen molar-refractivity contribution in [3.05, 3.63) is 75.8 Å². The van der Waals surface area contributed by atoms with Crippen LogP contribution in [0.4, 0.5) is 0 Å². The zero-order valence-corrected chi connectivity index (χ0v) is 17.6. The van der Waals surface area contributed by atoms with Crippen LogP contribution in [0.5, 0.6) is 0 Å². The van der Waals surface area contributed by atoms with Gasteiger partial charge in [-0.15, -0.1) is 0 Å². The quantitative estimate of drug-likeness (QED) is 0.444. The number of carbonyl (C=O) groups excluding carboxylic acids is 2. The van der Waals surface area contributed by atoms with Crippen LogP contribution >= 0.6 is 11.6 Å². The first-order valence-electron chi connectivity index (χ1n) is 9.61. The lowest BCUT2D eigenvalue weighted by molar-refractivity contribution is -0.140. The fraction of sp³-hybridized carbons (Fsp3) is 0.304. The average molecular weight is 413 g/mol.